The molecule has 0 saturated carbocycles. The lowest BCUT2D eigenvalue weighted by atomic mass is 9.90. The minimum absolute atomic E-state index is 0.527. The predicted molar refractivity (Wildman–Crippen MR) is 74.3 cm³/mol. The van der Waals surface area contributed by atoms with E-state index in [1.807, 2.05) is 0 Å². The van der Waals surface area contributed by atoms with Crippen molar-refractivity contribution in [1.82, 2.24) is 14.7 Å². The molecule has 2 heterocycles. The highest BCUT2D eigenvalue weighted by Crippen LogP contribution is 2.24. The van der Waals surface area contributed by atoms with Crippen LogP contribution in [0.3, 0.4) is 0 Å². The van der Waals surface area contributed by atoms with Crippen LogP contribution in [-0.2, 0) is 13.1 Å². The second-order valence-corrected chi connectivity index (χ2v) is 5.49. The van der Waals surface area contributed by atoms with Gasteiger partial charge in [-0.2, -0.15) is 5.10 Å². The van der Waals surface area contributed by atoms with E-state index in [4.69, 9.17) is 5.73 Å². The Labute approximate surface area is 110 Å². The first-order valence-corrected chi connectivity index (χ1v) is 7.13. The molecule has 2 N–H and O–H groups in total. The highest BCUT2D eigenvalue weighted by molar-refractivity contribution is 5.09. The van der Waals surface area contributed by atoms with Gasteiger partial charge in [-0.05, 0) is 45.2 Å². The maximum Gasteiger partial charge on any atom is 0.0597 e. The molecule has 4 nitrogen and oxygen atoms in total. The zero-order valence-electron chi connectivity index (χ0n) is 11.9. The van der Waals surface area contributed by atoms with Gasteiger partial charge in [-0.15, -0.1) is 0 Å². The fourth-order valence-corrected chi connectivity index (χ4v) is 3.12. The monoisotopic (exact) mass is 250 g/mol. The summed E-state index contributed by atoms with van der Waals surface area (Å²) in [4.78, 5) is 2.54. The SMILES string of the molecule is CCn1nc(C)cc1CN1CCCC(C)C1CN. The molecule has 0 aliphatic carbocycles. The average molecular weight is 250 g/mol. The van der Waals surface area contributed by atoms with Crippen molar-refractivity contribution in [3.63, 3.8) is 0 Å². The number of rotatable bonds is 4. The normalized spacial score (nSPS) is 25.6. The Balaban J connectivity index is 2.11. The van der Waals surface area contributed by atoms with Crippen LogP contribution in [-0.4, -0.2) is 33.8 Å². The number of nitrogens with zero attached hydrogens (tertiary/aromatic N) is 3. The summed E-state index contributed by atoms with van der Waals surface area (Å²) in [6, 6.07) is 2.73. The van der Waals surface area contributed by atoms with Crippen LogP contribution in [0.2, 0.25) is 0 Å². The summed E-state index contributed by atoms with van der Waals surface area (Å²) in [5, 5.41) is 4.52. The van der Waals surface area contributed by atoms with Crippen molar-refractivity contribution in [3.8, 4) is 0 Å². The molecule has 2 rings (SSSR count). The lowest BCUT2D eigenvalue weighted by Gasteiger charge is -2.39. The highest BCUT2D eigenvalue weighted by Gasteiger charge is 2.27. The Morgan fingerprint density at radius 2 is 2.28 bits per heavy atom. The first kappa shape index (κ1) is 13.6. The molecule has 1 aliphatic heterocycles. The van der Waals surface area contributed by atoms with E-state index in [-0.39, 0.29) is 0 Å². The minimum Gasteiger partial charge on any atom is -0.329 e. The molecule has 102 valence electrons. The van der Waals surface area contributed by atoms with Gasteiger partial charge in [0.25, 0.3) is 0 Å². The van der Waals surface area contributed by atoms with Crippen LogP contribution in [0.1, 0.15) is 38.1 Å². The van der Waals surface area contributed by atoms with E-state index < -0.39 is 0 Å². The third kappa shape index (κ3) is 2.75. The van der Waals surface area contributed by atoms with Gasteiger partial charge in [0.05, 0.1) is 11.4 Å². The Bertz CT molecular complexity index is 385. The second-order valence-electron chi connectivity index (χ2n) is 5.49. The van der Waals surface area contributed by atoms with Crippen molar-refractivity contribution >= 4 is 0 Å². The Hall–Kier alpha value is -0.870. The molecule has 0 spiro atoms. The fourth-order valence-electron chi connectivity index (χ4n) is 3.12. The van der Waals surface area contributed by atoms with Gasteiger partial charge in [0.2, 0.25) is 0 Å². The topological polar surface area (TPSA) is 47.1 Å². The summed E-state index contributed by atoms with van der Waals surface area (Å²) in [5.41, 5.74) is 8.38. The van der Waals surface area contributed by atoms with E-state index in [9.17, 15) is 0 Å². The van der Waals surface area contributed by atoms with E-state index in [1.165, 1.54) is 25.1 Å². The van der Waals surface area contributed by atoms with Crippen LogP contribution in [0.25, 0.3) is 0 Å². The fraction of sp³-hybridized carbons (Fsp3) is 0.786. The van der Waals surface area contributed by atoms with E-state index in [2.05, 4.69) is 41.5 Å². The number of likely N-dealkylation sites (tertiary alicyclic amines) is 1. The lowest BCUT2D eigenvalue weighted by molar-refractivity contribution is 0.0962. The molecule has 4 heteroatoms. The van der Waals surface area contributed by atoms with Crippen molar-refractivity contribution in [3.05, 3.63) is 17.5 Å². The smallest absolute Gasteiger partial charge is 0.0597 e. The van der Waals surface area contributed by atoms with Crippen molar-refractivity contribution in [2.75, 3.05) is 13.1 Å². The van der Waals surface area contributed by atoms with Crippen LogP contribution in [0, 0.1) is 12.8 Å². The maximum absolute atomic E-state index is 5.95. The molecule has 1 aliphatic rings. The molecular formula is C14H26N4. The van der Waals surface area contributed by atoms with Crippen LogP contribution in [0.5, 0.6) is 0 Å². The van der Waals surface area contributed by atoms with Crippen LogP contribution in [0.4, 0.5) is 0 Å². The third-order valence-electron chi connectivity index (χ3n) is 4.12. The molecule has 1 aromatic heterocycles. The molecule has 1 saturated heterocycles. The predicted octanol–water partition coefficient (Wildman–Crippen LogP) is 1.77. The van der Waals surface area contributed by atoms with Gasteiger partial charge in [-0.3, -0.25) is 9.58 Å². The zero-order chi connectivity index (χ0) is 13.1. The van der Waals surface area contributed by atoms with Gasteiger partial charge < -0.3 is 5.73 Å². The second kappa shape index (κ2) is 5.85. The van der Waals surface area contributed by atoms with Crippen molar-refractivity contribution < 1.29 is 0 Å². The molecule has 0 aromatic carbocycles. The van der Waals surface area contributed by atoms with Gasteiger partial charge in [0.1, 0.15) is 0 Å². The molecule has 18 heavy (non-hydrogen) atoms. The Kier molecular flexibility index (Phi) is 4.40. The van der Waals surface area contributed by atoms with Crippen LogP contribution >= 0.6 is 0 Å². The number of piperidine rings is 1. The molecule has 1 aromatic rings. The van der Waals surface area contributed by atoms with Gasteiger partial charge >= 0.3 is 0 Å². The standard InChI is InChI=1S/C14H26N4/c1-4-18-13(8-12(3)16-18)10-17-7-5-6-11(2)14(17)9-15/h8,11,14H,4-7,9-10,15H2,1-3H3. The molecular weight excluding hydrogens is 224 g/mol. The summed E-state index contributed by atoms with van der Waals surface area (Å²) in [6.07, 6.45) is 2.60. The zero-order valence-corrected chi connectivity index (χ0v) is 11.9. The van der Waals surface area contributed by atoms with E-state index in [0.717, 1.165) is 25.3 Å². The van der Waals surface area contributed by atoms with E-state index >= 15 is 0 Å². The Morgan fingerprint density at radius 1 is 1.50 bits per heavy atom. The summed E-state index contributed by atoms with van der Waals surface area (Å²) >= 11 is 0. The number of aromatic nitrogens is 2. The summed E-state index contributed by atoms with van der Waals surface area (Å²) in [5.74, 6) is 0.711. The number of hydrogen-bond donors (Lipinski definition) is 1. The number of aryl methyl sites for hydroxylation is 2. The van der Waals surface area contributed by atoms with Crippen molar-refractivity contribution in [1.29, 1.82) is 0 Å². The van der Waals surface area contributed by atoms with E-state index in [1.54, 1.807) is 0 Å². The molecule has 2 atom stereocenters. The van der Waals surface area contributed by atoms with Crippen LogP contribution in [0.15, 0.2) is 6.07 Å². The quantitative estimate of drug-likeness (QED) is 0.886. The Morgan fingerprint density at radius 3 is 2.94 bits per heavy atom. The molecule has 1 fully saturated rings. The summed E-state index contributed by atoms with van der Waals surface area (Å²) < 4.78 is 2.11. The third-order valence-corrected chi connectivity index (χ3v) is 4.12. The molecule has 2 unspecified atom stereocenters. The molecule has 0 bridgehead atoms. The largest absolute Gasteiger partial charge is 0.329 e. The van der Waals surface area contributed by atoms with Crippen LogP contribution < -0.4 is 5.73 Å². The lowest BCUT2D eigenvalue weighted by Crippen LogP contribution is -2.48. The maximum atomic E-state index is 5.95. The molecule has 0 amide bonds. The summed E-state index contributed by atoms with van der Waals surface area (Å²) in [6.45, 7) is 10.4. The average Bonchev–Trinajstić information content (AvgIpc) is 2.70. The van der Waals surface area contributed by atoms with E-state index in [0.29, 0.717) is 12.0 Å². The highest BCUT2D eigenvalue weighted by atomic mass is 15.3. The first-order valence-electron chi connectivity index (χ1n) is 7.13. The van der Waals surface area contributed by atoms with Crippen molar-refractivity contribution in [2.45, 2.75) is 52.7 Å². The number of nitrogens with two attached hydrogens (primary N) is 1. The van der Waals surface area contributed by atoms with Crippen molar-refractivity contribution in [2.24, 2.45) is 11.7 Å². The van der Waals surface area contributed by atoms with Gasteiger partial charge in [0, 0.05) is 25.7 Å². The van der Waals surface area contributed by atoms with Gasteiger partial charge in [0.15, 0.2) is 0 Å². The summed E-state index contributed by atoms with van der Waals surface area (Å²) in [7, 11) is 0. The van der Waals surface area contributed by atoms with Gasteiger partial charge in [-0.25, -0.2) is 0 Å². The minimum atomic E-state index is 0.527. The first-order chi connectivity index (χ1) is 8.65. The van der Waals surface area contributed by atoms with Gasteiger partial charge in [-0.1, -0.05) is 6.92 Å². The molecule has 0 radical (unpaired) electrons. The number of hydrogen-bond acceptors (Lipinski definition) is 3.